The summed E-state index contributed by atoms with van der Waals surface area (Å²) in [4.78, 5) is 12.4. The van der Waals surface area contributed by atoms with Crippen molar-refractivity contribution in [3.63, 3.8) is 0 Å². The van der Waals surface area contributed by atoms with Gasteiger partial charge >= 0.3 is 0 Å². The molecule has 2 aromatic carbocycles. The van der Waals surface area contributed by atoms with E-state index in [1.165, 1.54) is 30.0 Å². The Morgan fingerprint density at radius 1 is 1.00 bits per heavy atom. The molecular weight excluding hydrogens is 251 g/mol. The molecule has 0 saturated heterocycles. The van der Waals surface area contributed by atoms with Crippen molar-refractivity contribution in [3.8, 4) is 0 Å². The minimum atomic E-state index is -0.437. The highest BCUT2D eigenvalue weighted by Gasteiger charge is 2.16. The van der Waals surface area contributed by atoms with Gasteiger partial charge in [0.1, 0.15) is 5.82 Å². The van der Waals surface area contributed by atoms with E-state index >= 15 is 0 Å². The molecule has 0 spiro atoms. The van der Waals surface area contributed by atoms with Crippen molar-refractivity contribution in [3.05, 3.63) is 70.0 Å². The maximum atomic E-state index is 13.9. The Balaban J connectivity index is 1.98. The number of ketones is 1. The van der Waals surface area contributed by atoms with Crippen molar-refractivity contribution >= 4 is 5.78 Å². The van der Waals surface area contributed by atoms with E-state index in [1.807, 2.05) is 25.1 Å². The Morgan fingerprint density at radius 2 is 1.75 bits per heavy atom. The fraction of sp³-hybridized carbons (Fsp3) is 0.278. The molecule has 0 bridgehead atoms. The molecular formula is C18H17FO. The Kier molecular flexibility index (Phi) is 3.39. The largest absolute Gasteiger partial charge is 0.288 e. The number of hydrogen-bond donors (Lipinski definition) is 0. The van der Waals surface area contributed by atoms with Crippen LogP contribution in [0.25, 0.3) is 0 Å². The standard InChI is InChI=1S/C18H17FO/c1-12-6-9-16(17(19)10-12)18(20)15-8-7-13-4-2-3-5-14(13)11-15/h6-11H,2-5H2,1H3. The zero-order valence-electron chi connectivity index (χ0n) is 11.6. The SMILES string of the molecule is Cc1ccc(C(=O)c2ccc3c(c2)CCCC3)c(F)c1. The van der Waals surface area contributed by atoms with Gasteiger partial charge in [-0.3, -0.25) is 4.79 Å². The van der Waals surface area contributed by atoms with E-state index in [0.717, 1.165) is 18.4 Å². The molecule has 0 atom stereocenters. The van der Waals surface area contributed by atoms with Gasteiger partial charge in [0.15, 0.2) is 5.78 Å². The first-order valence-electron chi connectivity index (χ1n) is 7.08. The van der Waals surface area contributed by atoms with E-state index < -0.39 is 5.82 Å². The van der Waals surface area contributed by atoms with Gasteiger partial charge in [-0.05, 0) is 67.5 Å². The Hall–Kier alpha value is -1.96. The van der Waals surface area contributed by atoms with E-state index in [4.69, 9.17) is 0 Å². The van der Waals surface area contributed by atoms with E-state index in [1.54, 1.807) is 12.1 Å². The molecule has 3 rings (SSSR count). The van der Waals surface area contributed by atoms with Crippen LogP contribution in [0.2, 0.25) is 0 Å². The maximum Gasteiger partial charge on any atom is 0.195 e. The first-order valence-corrected chi connectivity index (χ1v) is 7.08. The minimum absolute atomic E-state index is 0.159. The number of fused-ring (bicyclic) bond motifs is 1. The molecule has 0 aromatic heterocycles. The zero-order valence-corrected chi connectivity index (χ0v) is 11.6. The first kappa shape index (κ1) is 13.0. The van der Waals surface area contributed by atoms with Gasteiger partial charge in [-0.2, -0.15) is 0 Å². The summed E-state index contributed by atoms with van der Waals surface area (Å²) < 4.78 is 13.9. The lowest BCUT2D eigenvalue weighted by Crippen LogP contribution is -2.08. The van der Waals surface area contributed by atoms with Gasteiger partial charge in [0, 0.05) is 5.56 Å². The molecule has 0 saturated carbocycles. The van der Waals surface area contributed by atoms with Crippen LogP contribution < -0.4 is 0 Å². The molecule has 0 aliphatic heterocycles. The second-order valence-electron chi connectivity index (χ2n) is 5.50. The van der Waals surface area contributed by atoms with Crippen LogP contribution in [0, 0.1) is 12.7 Å². The van der Waals surface area contributed by atoms with E-state index in [9.17, 15) is 9.18 Å². The van der Waals surface area contributed by atoms with Gasteiger partial charge in [-0.15, -0.1) is 0 Å². The monoisotopic (exact) mass is 268 g/mol. The summed E-state index contributed by atoms with van der Waals surface area (Å²) in [5.41, 5.74) is 4.15. The topological polar surface area (TPSA) is 17.1 Å². The number of carbonyl (C=O) groups excluding carboxylic acids is 1. The Bertz CT molecular complexity index is 673. The van der Waals surface area contributed by atoms with Crippen LogP contribution in [-0.2, 0) is 12.8 Å². The number of halogens is 1. The fourth-order valence-electron chi connectivity index (χ4n) is 2.83. The molecule has 0 fully saturated rings. The zero-order chi connectivity index (χ0) is 14.1. The summed E-state index contributed by atoms with van der Waals surface area (Å²) in [6.45, 7) is 1.82. The highest BCUT2D eigenvalue weighted by molar-refractivity contribution is 6.09. The summed E-state index contributed by atoms with van der Waals surface area (Å²) in [5.74, 6) is -0.663. The van der Waals surface area contributed by atoms with Crippen LogP contribution in [0.4, 0.5) is 4.39 Å². The molecule has 0 radical (unpaired) electrons. The molecule has 1 aliphatic rings. The van der Waals surface area contributed by atoms with Gasteiger partial charge in [0.2, 0.25) is 0 Å². The normalized spacial score (nSPS) is 13.9. The summed E-state index contributed by atoms with van der Waals surface area (Å²) >= 11 is 0. The van der Waals surface area contributed by atoms with Crippen LogP contribution in [0.1, 0.15) is 45.5 Å². The number of benzene rings is 2. The molecule has 0 amide bonds. The summed E-state index contributed by atoms with van der Waals surface area (Å²) in [7, 11) is 0. The van der Waals surface area contributed by atoms with Crippen molar-refractivity contribution in [2.45, 2.75) is 32.6 Å². The second-order valence-corrected chi connectivity index (χ2v) is 5.50. The smallest absolute Gasteiger partial charge is 0.195 e. The number of rotatable bonds is 2. The molecule has 0 unspecified atom stereocenters. The molecule has 2 aromatic rings. The predicted octanol–water partition coefficient (Wildman–Crippen LogP) is 4.24. The Labute approximate surface area is 118 Å². The van der Waals surface area contributed by atoms with Gasteiger partial charge in [0.05, 0.1) is 5.56 Å². The highest BCUT2D eigenvalue weighted by atomic mass is 19.1. The van der Waals surface area contributed by atoms with Crippen LogP contribution in [0.3, 0.4) is 0 Å². The molecule has 102 valence electrons. The quantitative estimate of drug-likeness (QED) is 0.744. The van der Waals surface area contributed by atoms with Gasteiger partial charge in [-0.1, -0.05) is 18.2 Å². The van der Waals surface area contributed by atoms with E-state index in [-0.39, 0.29) is 11.3 Å². The van der Waals surface area contributed by atoms with E-state index in [0.29, 0.717) is 5.56 Å². The van der Waals surface area contributed by atoms with Crippen LogP contribution in [0.15, 0.2) is 36.4 Å². The van der Waals surface area contributed by atoms with Crippen molar-refractivity contribution in [2.75, 3.05) is 0 Å². The number of aryl methyl sites for hydroxylation is 3. The molecule has 2 heteroatoms. The fourth-order valence-corrected chi connectivity index (χ4v) is 2.83. The van der Waals surface area contributed by atoms with Crippen LogP contribution in [0.5, 0.6) is 0 Å². The molecule has 1 nitrogen and oxygen atoms in total. The van der Waals surface area contributed by atoms with Gasteiger partial charge < -0.3 is 0 Å². The van der Waals surface area contributed by atoms with Crippen molar-refractivity contribution in [2.24, 2.45) is 0 Å². The number of carbonyl (C=O) groups is 1. The lowest BCUT2D eigenvalue weighted by molar-refractivity contribution is 0.103. The second kappa shape index (κ2) is 5.20. The van der Waals surface area contributed by atoms with Gasteiger partial charge in [0.25, 0.3) is 0 Å². The van der Waals surface area contributed by atoms with E-state index in [2.05, 4.69) is 0 Å². The average molecular weight is 268 g/mol. The molecule has 0 N–H and O–H groups in total. The third kappa shape index (κ3) is 2.38. The average Bonchev–Trinajstić information content (AvgIpc) is 2.46. The minimum Gasteiger partial charge on any atom is -0.288 e. The summed E-state index contributed by atoms with van der Waals surface area (Å²) in [6, 6.07) is 10.5. The maximum absolute atomic E-state index is 13.9. The summed E-state index contributed by atoms with van der Waals surface area (Å²) in [5, 5.41) is 0. The third-order valence-corrected chi connectivity index (χ3v) is 3.98. The van der Waals surface area contributed by atoms with Crippen molar-refractivity contribution in [1.29, 1.82) is 0 Å². The third-order valence-electron chi connectivity index (χ3n) is 3.98. The first-order chi connectivity index (χ1) is 9.65. The predicted molar refractivity (Wildman–Crippen MR) is 77.7 cm³/mol. The van der Waals surface area contributed by atoms with Crippen LogP contribution >= 0.6 is 0 Å². The molecule has 1 aliphatic carbocycles. The van der Waals surface area contributed by atoms with Crippen LogP contribution in [-0.4, -0.2) is 5.78 Å². The summed E-state index contributed by atoms with van der Waals surface area (Å²) in [6.07, 6.45) is 4.49. The molecule has 20 heavy (non-hydrogen) atoms. The lowest BCUT2D eigenvalue weighted by Gasteiger charge is -2.16. The highest BCUT2D eigenvalue weighted by Crippen LogP contribution is 2.24. The van der Waals surface area contributed by atoms with Gasteiger partial charge in [-0.25, -0.2) is 4.39 Å². The molecule has 0 heterocycles. The number of hydrogen-bond acceptors (Lipinski definition) is 1. The van der Waals surface area contributed by atoms with Crippen molar-refractivity contribution < 1.29 is 9.18 Å². The Morgan fingerprint density at radius 3 is 2.50 bits per heavy atom. The lowest BCUT2D eigenvalue weighted by atomic mass is 9.89. The van der Waals surface area contributed by atoms with Crippen molar-refractivity contribution in [1.82, 2.24) is 0 Å².